The molecular formula is C25H16F5N5O2. The van der Waals surface area contributed by atoms with Crippen LogP contribution in [0.3, 0.4) is 0 Å². The number of hydrogen-bond acceptors (Lipinski definition) is 6. The first kappa shape index (κ1) is 24.3. The van der Waals surface area contributed by atoms with Crippen LogP contribution >= 0.6 is 0 Å². The number of hydrogen-bond donors (Lipinski definition) is 0. The normalized spacial score (nSPS) is 12.1. The van der Waals surface area contributed by atoms with Crippen molar-refractivity contribution in [2.24, 2.45) is 0 Å². The van der Waals surface area contributed by atoms with E-state index in [1.54, 1.807) is 48.8 Å². The van der Waals surface area contributed by atoms with Crippen LogP contribution < -0.4 is 4.74 Å². The Morgan fingerprint density at radius 1 is 0.757 bits per heavy atom. The van der Waals surface area contributed by atoms with Gasteiger partial charge in [-0.05, 0) is 53.1 Å². The van der Waals surface area contributed by atoms with Gasteiger partial charge in [0.1, 0.15) is 5.75 Å². The number of alkyl halides is 5. The van der Waals surface area contributed by atoms with Crippen molar-refractivity contribution in [3.05, 3.63) is 96.7 Å². The van der Waals surface area contributed by atoms with Crippen molar-refractivity contribution >= 4 is 5.65 Å². The number of benzene rings is 2. The van der Waals surface area contributed by atoms with Crippen LogP contribution in [0.2, 0.25) is 0 Å². The summed E-state index contributed by atoms with van der Waals surface area (Å²) in [5.41, 5.74) is 2.18. The van der Waals surface area contributed by atoms with Gasteiger partial charge in [0.05, 0.1) is 6.61 Å². The second-order valence-corrected chi connectivity index (χ2v) is 7.82. The van der Waals surface area contributed by atoms with Gasteiger partial charge in [-0.2, -0.15) is 8.78 Å². The molecule has 12 heteroatoms. The van der Waals surface area contributed by atoms with Gasteiger partial charge >= 0.3 is 12.5 Å². The predicted molar refractivity (Wildman–Crippen MR) is 121 cm³/mol. The second-order valence-electron chi connectivity index (χ2n) is 7.82. The van der Waals surface area contributed by atoms with Crippen molar-refractivity contribution in [2.45, 2.75) is 19.1 Å². The molecule has 0 aliphatic heterocycles. The lowest BCUT2D eigenvalue weighted by Crippen LogP contribution is -2.21. The van der Waals surface area contributed by atoms with E-state index in [9.17, 15) is 13.2 Å². The number of fused-ring (bicyclic) bond motifs is 1. The Morgan fingerprint density at radius 3 is 2.22 bits per heavy atom. The summed E-state index contributed by atoms with van der Waals surface area (Å²) in [6.45, 7) is -0.428. The summed E-state index contributed by atoms with van der Waals surface area (Å²) in [4.78, 5) is 8.30. The Bertz CT molecular complexity index is 1520. The van der Waals surface area contributed by atoms with Crippen molar-refractivity contribution in [3.8, 4) is 28.3 Å². The predicted octanol–water partition coefficient (Wildman–Crippen LogP) is 6.02. The van der Waals surface area contributed by atoms with E-state index in [-0.39, 0.29) is 5.65 Å². The van der Waals surface area contributed by atoms with Gasteiger partial charge in [-0.3, -0.25) is 4.40 Å². The molecule has 3 aromatic heterocycles. The Kier molecular flexibility index (Phi) is 6.25. The van der Waals surface area contributed by atoms with Crippen LogP contribution in [0.25, 0.3) is 28.2 Å². The van der Waals surface area contributed by atoms with Crippen LogP contribution in [0.1, 0.15) is 11.4 Å². The van der Waals surface area contributed by atoms with E-state index in [4.69, 9.17) is 4.74 Å². The molecule has 0 saturated heterocycles. The maximum Gasteiger partial charge on any atom is 0.573 e. The number of ether oxygens (including phenoxy) is 2. The lowest BCUT2D eigenvalue weighted by molar-refractivity contribution is -0.274. The third kappa shape index (κ3) is 5.54. The van der Waals surface area contributed by atoms with Crippen LogP contribution in [0.15, 0.2) is 85.3 Å². The summed E-state index contributed by atoms with van der Waals surface area (Å²) >= 11 is 0. The van der Waals surface area contributed by atoms with Gasteiger partial charge in [0, 0.05) is 24.2 Å². The van der Waals surface area contributed by atoms with E-state index in [1.807, 2.05) is 0 Å². The van der Waals surface area contributed by atoms with Gasteiger partial charge in [-0.1, -0.05) is 30.3 Å². The van der Waals surface area contributed by atoms with Crippen LogP contribution in [-0.2, 0) is 17.5 Å². The Morgan fingerprint density at radius 2 is 1.49 bits per heavy atom. The first-order valence-electron chi connectivity index (χ1n) is 10.8. The first-order chi connectivity index (χ1) is 17.7. The topological polar surface area (TPSA) is 74.4 Å². The minimum atomic E-state index is -4.82. The minimum Gasteiger partial charge on any atom is -0.406 e. The summed E-state index contributed by atoms with van der Waals surface area (Å²) < 4.78 is 77.2. The van der Waals surface area contributed by atoms with Crippen LogP contribution in [0, 0.1) is 0 Å². The van der Waals surface area contributed by atoms with E-state index >= 15 is 8.78 Å². The molecule has 3 heterocycles. The highest BCUT2D eigenvalue weighted by atomic mass is 19.4. The molecule has 0 spiro atoms. The fourth-order valence-electron chi connectivity index (χ4n) is 3.60. The second kappa shape index (κ2) is 9.54. The standard InChI is InChI=1S/C25H16F5N5O2/c26-24(27,36-15-16-3-1-4-18(13-16)22-31-11-2-12-32-22)23-34-33-21-10-7-19(14-35(21)23)17-5-8-20(9-6-17)37-25(28,29)30/h1-14H,15H2. The van der Waals surface area contributed by atoms with Gasteiger partial charge < -0.3 is 9.47 Å². The molecule has 7 nitrogen and oxygen atoms in total. The van der Waals surface area contributed by atoms with Crippen molar-refractivity contribution in [2.75, 3.05) is 0 Å². The zero-order valence-electron chi connectivity index (χ0n) is 18.7. The summed E-state index contributed by atoms with van der Waals surface area (Å²) in [6, 6.07) is 16.5. The molecule has 5 aromatic rings. The van der Waals surface area contributed by atoms with E-state index in [0.717, 1.165) is 16.5 Å². The third-order valence-corrected chi connectivity index (χ3v) is 5.25. The summed E-state index contributed by atoms with van der Waals surface area (Å²) in [5.74, 6) is -0.695. The average Bonchev–Trinajstić information content (AvgIpc) is 3.32. The van der Waals surface area contributed by atoms with Gasteiger partial charge in [-0.25, -0.2) is 9.97 Å². The molecule has 0 aliphatic carbocycles. The highest BCUT2D eigenvalue weighted by Gasteiger charge is 2.39. The van der Waals surface area contributed by atoms with Gasteiger partial charge in [0.25, 0.3) is 0 Å². The Hall–Kier alpha value is -4.45. The Balaban J connectivity index is 1.36. The maximum atomic E-state index is 15.1. The van der Waals surface area contributed by atoms with Crippen LogP contribution in [0.4, 0.5) is 22.0 Å². The molecule has 0 fully saturated rings. The number of halogens is 5. The van der Waals surface area contributed by atoms with E-state index in [0.29, 0.717) is 28.1 Å². The zero-order valence-corrected chi connectivity index (χ0v) is 18.7. The van der Waals surface area contributed by atoms with Crippen molar-refractivity contribution < 1.29 is 31.4 Å². The summed E-state index contributed by atoms with van der Waals surface area (Å²) in [5, 5.41) is 7.38. The van der Waals surface area contributed by atoms with E-state index in [1.165, 1.54) is 24.4 Å². The molecule has 37 heavy (non-hydrogen) atoms. The number of pyridine rings is 1. The van der Waals surface area contributed by atoms with Gasteiger partial charge in [-0.15, -0.1) is 23.4 Å². The zero-order chi connectivity index (χ0) is 26.0. The molecule has 2 aromatic carbocycles. The highest BCUT2D eigenvalue weighted by molar-refractivity contribution is 5.65. The van der Waals surface area contributed by atoms with Crippen LogP contribution in [-0.4, -0.2) is 30.9 Å². The van der Waals surface area contributed by atoms with Gasteiger partial charge in [0.2, 0.25) is 5.82 Å². The monoisotopic (exact) mass is 513 g/mol. The Labute approximate surface area is 206 Å². The molecule has 0 atom stereocenters. The van der Waals surface area contributed by atoms with E-state index in [2.05, 4.69) is 24.9 Å². The smallest absolute Gasteiger partial charge is 0.406 e. The fourth-order valence-corrected chi connectivity index (χ4v) is 3.60. The summed E-state index contributed by atoms with van der Waals surface area (Å²) in [7, 11) is 0. The lowest BCUT2D eigenvalue weighted by Gasteiger charge is -2.16. The van der Waals surface area contributed by atoms with Crippen molar-refractivity contribution in [1.29, 1.82) is 0 Å². The van der Waals surface area contributed by atoms with Crippen molar-refractivity contribution in [3.63, 3.8) is 0 Å². The minimum absolute atomic E-state index is 0.141. The van der Waals surface area contributed by atoms with E-state index < -0.39 is 30.7 Å². The summed E-state index contributed by atoms with van der Waals surface area (Å²) in [6.07, 6.45) is -4.11. The van der Waals surface area contributed by atoms with Gasteiger partial charge in [0.15, 0.2) is 11.5 Å². The molecule has 0 radical (unpaired) electrons. The third-order valence-electron chi connectivity index (χ3n) is 5.25. The maximum absolute atomic E-state index is 15.1. The SMILES string of the molecule is FC(F)(F)Oc1ccc(-c2ccc3nnc(C(F)(F)OCc4cccc(-c5ncccn5)c4)n3c2)cc1. The average molecular weight is 513 g/mol. The largest absolute Gasteiger partial charge is 0.573 e. The number of nitrogens with zero attached hydrogens (tertiary/aromatic N) is 5. The molecule has 0 aliphatic rings. The molecule has 0 bridgehead atoms. The van der Waals surface area contributed by atoms with Crippen molar-refractivity contribution in [1.82, 2.24) is 24.6 Å². The molecule has 0 unspecified atom stereocenters. The highest BCUT2D eigenvalue weighted by Crippen LogP contribution is 2.32. The molecule has 0 N–H and O–H groups in total. The first-order valence-corrected chi connectivity index (χ1v) is 10.8. The molecule has 0 amide bonds. The number of aromatic nitrogens is 5. The molecule has 188 valence electrons. The quantitative estimate of drug-likeness (QED) is 0.248. The number of rotatable bonds is 7. The molecule has 0 saturated carbocycles. The van der Waals surface area contributed by atoms with Crippen LogP contribution in [0.5, 0.6) is 5.75 Å². The fraction of sp³-hybridized carbons (Fsp3) is 0.120. The molecule has 5 rings (SSSR count). The lowest BCUT2D eigenvalue weighted by atomic mass is 10.1. The molecular weight excluding hydrogens is 497 g/mol.